The van der Waals surface area contributed by atoms with Gasteiger partial charge in [-0.25, -0.2) is 4.98 Å². The van der Waals surface area contributed by atoms with E-state index in [9.17, 15) is 14.9 Å². The van der Waals surface area contributed by atoms with Crippen LogP contribution in [-0.4, -0.2) is 15.8 Å². The summed E-state index contributed by atoms with van der Waals surface area (Å²) in [7, 11) is 0. The Balaban J connectivity index is 0.00000192. The van der Waals surface area contributed by atoms with E-state index in [-0.39, 0.29) is 23.3 Å². The molecule has 2 heterocycles. The fourth-order valence-corrected chi connectivity index (χ4v) is 4.02. The summed E-state index contributed by atoms with van der Waals surface area (Å²) < 4.78 is 0. The Morgan fingerprint density at radius 1 is 1.30 bits per heavy atom. The van der Waals surface area contributed by atoms with Crippen molar-refractivity contribution < 1.29 is 9.72 Å². The second kappa shape index (κ2) is 7.67. The van der Waals surface area contributed by atoms with Crippen molar-refractivity contribution in [3.05, 3.63) is 43.8 Å². The van der Waals surface area contributed by atoms with Gasteiger partial charge in [-0.05, 0) is 37.8 Å². The molecule has 0 atom stereocenters. The van der Waals surface area contributed by atoms with Crippen LogP contribution in [0.1, 0.15) is 28.3 Å². The van der Waals surface area contributed by atoms with Gasteiger partial charge in [0.15, 0.2) is 5.13 Å². The van der Waals surface area contributed by atoms with E-state index >= 15 is 0 Å². The number of fused-ring (bicyclic) bond motifs is 1. The average molecular weight is 372 g/mol. The number of thiazole rings is 1. The van der Waals surface area contributed by atoms with E-state index in [4.69, 9.17) is 0 Å². The number of rotatable bonds is 4. The number of carbonyl (C=O) groups is 1. The number of amides is 1. The fourth-order valence-electron chi connectivity index (χ4n) is 2.24. The highest BCUT2D eigenvalue weighted by atomic mass is 35.5. The van der Waals surface area contributed by atoms with Crippen molar-refractivity contribution in [3.8, 4) is 0 Å². The molecule has 0 fully saturated rings. The normalized spacial score (nSPS) is 13.4. The summed E-state index contributed by atoms with van der Waals surface area (Å²) in [6.07, 6.45) is 7.30. The molecule has 0 unspecified atom stereocenters. The molecular weight excluding hydrogens is 358 g/mol. The first-order valence-corrected chi connectivity index (χ1v) is 8.47. The predicted octanol–water partition coefficient (Wildman–Crippen LogP) is 4.07. The molecule has 3 rings (SSSR count). The van der Waals surface area contributed by atoms with Crippen LogP contribution in [0.2, 0.25) is 0 Å². The molecule has 0 aromatic carbocycles. The zero-order chi connectivity index (χ0) is 15.5. The molecule has 6 nitrogen and oxygen atoms in total. The van der Waals surface area contributed by atoms with Crippen molar-refractivity contribution in [1.29, 1.82) is 0 Å². The standard InChI is InChI=1S/C14H13N3O3S2.ClH/c18-12(7-5-9-6-8-13(21-9)17(19)20)16-14-15-10-3-1-2-4-11(10)22-14;/h5-8H,1-4H2,(H,15,16,18);1H/b7-5+;. The molecule has 122 valence electrons. The Morgan fingerprint density at radius 3 is 2.78 bits per heavy atom. The Morgan fingerprint density at radius 2 is 2.09 bits per heavy atom. The number of anilines is 1. The Kier molecular flexibility index (Phi) is 5.86. The van der Waals surface area contributed by atoms with Gasteiger partial charge in [-0.3, -0.25) is 20.2 Å². The van der Waals surface area contributed by atoms with Gasteiger partial charge in [0.25, 0.3) is 0 Å². The lowest BCUT2D eigenvalue weighted by molar-refractivity contribution is -0.380. The Labute approximate surface area is 146 Å². The Hall–Kier alpha value is -1.77. The van der Waals surface area contributed by atoms with E-state index in [2.05, 4.69) is 10.3 Å². The van der Waals surface area contributed by atoms with Crippen LogP contribution < -0.4 is 5.32 Å². The predicted molar refractivity (Wildman–Crippen MR) is 94.6 cm³/mol. The van der Waals surface area contributed by atoms with Crippen LogP contribution in [0.25, 0.3) is 6.08 Å². The first kappa shape index (κ1) is 17.6. The van der Waals surface area contributed by atoms with Crippen LogP contribution in [0.15, 0.2) is 18.2 Å². The quantitative estimate of drug-likeness (QED) is 0.498. The van der Waals surface area contributed by atoms with Crippen LogP contribution in [0.4, 0.5) is 10.1 Å². The monoisotopic (exact) mass is 371 g/mol. The van der Waals surface area contributed by atoms with E-state index in [1.54, 1.807) is 12.1 Å². The second-order valence-corrected chi connectivity index (χ2v) is 7.03. The Bertz CT molecular complexity index is 731. The van der Waals surface area contributed by atoms with E-state index in [0.29, 0.717) is 10.0 Å². The highest BCUT2D eigenvalue weighted by molar-refractivity contribution is 7.16. The molecule has 0 saturated carbocycles. The molecular formula is C14H14ClN3O3S2. The largest absolute Gasteiger partial charge is 0.324 e. The van der Waals surface area contributed by atoms with Gasteiger partial charge in [0.1, 0.15) is 0 Å². The topological polar surface area (TPSA) is 85.1 Å². The maximum absolute atomic E-state index is 11.9. The highest BCUT2D eigenvalue weighted by Crippen LogP contribution is 2.29. The maximum atomic E-state index is 11.9. The minimum absolute atomic E-state index is 0. The summed E-state index contributed by atoms with van der Waals surface area (Å²) in [4.78, 5) is 28.4. The minimum atomic E-state index is -0.442. The summed E-state index contributed by atoms with van der Waals surface area (Å²) in [5.74, 6) is -0.276. The average Bonchev–Trinajstić information content (AvgIpc) is 3.11. The lowest BCUT2D eigenvalue weighted by Crippen LogP contribution is -2.07. The number of hydrogen-bond donors (Lipinski definition) is 1. The van der Waals surface area contributed by atoms with Crippen LogP contribution >= 0.6 is 35.1 Å². The number of nitrogens with zero attached hydrogens (tertiary/aromatic N) is 2. The van der Waals surface area contributed by atoms with Gasteiger partial charge in [0.05, 0.1) is 10.6 Å². The summed E-state index contributed by atoms with van der Waals surface area (Å²) in [5.41, 5.74) is 1.10. The molecule has 1 amide bonds. The molecule has 0 saturated heterocycles. The van der Waals surface area contributed by atoms with Crippen molar-refractivity contribution >= 4 is 57.2 Å². The number of halogens is 1. The number of thiophene rings is 1. The van der Waals surface area contributed by atoms with Gasteiger partial charge < -0.3 is 0 Å². The van der Waals surface area contributed by atoms with Gasteiger partial charge >= 0.3 is 5.00 Å². The maximum Gasteiger partial charge on any atom is 0.324 e. The third kappa shape index (κ3) is 4.37. The van der Waals surface area contributed by atoms with Crippen molar-refractivity contribution in [2.24, 2.45) is 0 Å². The van der Waals surface area contributed by atoms with Gasteiger partial charge in [-0.1, -0.05) is 11.3 Å². The number of carbonyl (C=O) groups excluding carboxylic acids is 1. The molecule has 1 aliphatic rings. The van der Waals surface area contributed by atoms with E-state index in [1.807, 2.05) is 0 Å². The van der Waals surface area contributed by atoms with Gasteiger partial charge in [-0.2, -0.15) is 0 Å². The highest BCUT2D eigenvalue weighted by Gasteiger charge is 2.15. The van der Waals surface area contributed by atoms with Crippen molar-refractivity contribution in [1.82, 2.24) is 4.98 Å². The third-order valence-electron chi connectivity index (χ3n) is 3.27. The van der Waals surface area contributed by atoms with Crippen LogP contribution in [0, 0.1) is 10.1 Å². The summed E-state index contributed by atoms with van der Waals surface area (Å²) >= 11 is 2.56. The summed E-state index contributed by atoms with van der Waals surface area (Å²) in [5, 5.41) is 14.0. The van der Waals surface area contributed by atoms with Crippen molar-refractivity contribution in [2.75, 3.05) is 5.32 Å². The SMILES string of the molecule is Cl.O=C(/C=C/c1ccc([N+](=O)[O-])s1)Nc1nc2c(s1)CCCC2. The van der Waals surface area contributed by atoms with Crippen LogP contribution in [0.3, 0.4) is 0 Å². The van der Waals surface area contributed by atoms with Gasteiger partial charge in [0.2, 0.25) is 5.91 Å². The fraction of sp³-hybridized carbons (Fsp3) is 0.286. The summed E-state index contributed by atoms with van der Waals surface area (Å²) in [6.45, 7) is 0. The number of aryl methyl sites for hydroxylation is 2. The molecule has 1 N–H and O–H groups in total. The van der Waals surface area contributed by atoms with E-state index < -0.39 is 4.92 Å². The number of hydrogen-bond acceptors (Lipinski definition) is 6. The van der Waals surface area contributed by atoms with Crippen LogP contribution in [-0.2, 0) is 17.6 Å². The minimum Gasteiger partial charge on any atom is -0.298 e. The van der Waals surface area contributed by atoms with Gasteiger partial charge in [-0.15, -0.1) is 23.7 Å². The molecule has 0 aliphatic heterocycles. The van der Waals surface area contributed by atoms with Crippen LogP contribution in [0.5, 0.6) is 0 Å². The smallest absolute Gasteiger partial charge is 0.298 e. The zero-order valence-electron chi connectivity index (χ0n) is 12.0. The van der Waals surface area contributed by atoms with E-state index in [0.717, 1.165) is 36.3 Å². The molecule has 2 aromatic heterocycles. The number of nitrogens with one attached hydrogen (secondary N) is 1. The second-order valence-electron chi connectivity index (χ2n) is 4.85. The van der Waals surface area contributed by atoms with Crippen molar-refractivity contribution in [2.45, 2.75) is 25.7 Å². The first-order valence-electron chi connectivity index (χ1n) is 6.84. The number of nitro groups is 1. The lowest BCUT2D eigenvalue weighted by atomic mass is 10.0. The number of aromatic nitrogens is 1. The molecule has 23 heavy (non-hydrogen) atoms. The zero-order valence-corrected chi connectivity index (χ0v) is 14.4. The first-order chi connectivity index (χ1) is 10.6. The molecule has 9 heteroatoms. The molecule has 0 bridgehead atoms. The molecule has 1 aliphatic carbocycles. The lowest BCUT2D eigenvalue weighted by Gasteiger charge is -2.06. The molecule has 2 aromatic rings. The summed E-state index contributed by atoms with van der Waals surface area (Å²) in [6, 6.07) is 3.05. The molecule has 0 spiro atoms. The van der Waals surface area contributed by atoms with E-state index in [1.165, 1.54) is 34.8 Å². The van der Waals surface area contributed by atoms with Gasteiger partial charge in [0, 0.05) is 21.9 Å². The third-order valence-corrected chi connectivity index (χ3v) is 5.34. The molecule has 0 radical (unpaired) electrons. The van der Waals surface area contributed by atoms with Crippen molar-refractivity contribution in [3.63, 3.8) is 0 Å².